The van der Waals surface area contributed by atoms with Crippen LogP contribution in [0.5, 0.6) is 11.5 Å². The minimum absolute atomic E-state index is 0.0116. The highest BCUT2D eigenvalue weighted by Crippen LogP contribution is 2.30. The Morgan fingerprint density at radius 3 is 2.58 bits per heavy atom. The van der Waals surface area contributed by atoms with Crippen molar-refractivity contribution in [3.8, 4) is 11.5 Å². The van der Waals surface area contributed by atoms with Crippen molar-refractivity contribution >= 4 is 23.4 Å². The van der Waals surface area contributed by atoms with Crippen LogP contribution in [0.3, 0.4) is 0 Å². The molecule has 0 aliphatic carbocycles. The van der Waals surface area contributed by atoms with Crippen LogP contribution in [0.4, 0.5) is 0 Å². The molecule has 0 atom stereocenters. The van der Waals surface area contributed by atoms with Gasteiger partial charge in [0, 0.05) is 29.0 Å². The summed E-state index contributed by atoms with van der Waals surface area (Å²) in [4.78, 5) is 24.2. The Hall–Kier alpha value is -2.53. The fourth-order valence-corrected chi connectivity index (χ4v) is 2.73. The molecule has 0 bridgehead atoms. The number of hydrogen-bond donors (Lipinski definition) is 0. The van der Waals surface area contributed by atoms with Gasteiger partial charge in [0.1, 0.15) is 6.61 Å². The van der Waals surface area contributed by atoms with Crippen molar-refractivity contribution in [1.82, 2.24) is 0 Å². The zero-order valence-electron chi connectivity index (χ0n) is 14.2. The zero-order valence-corrected chi connectivity index (χ0v) is 15.0. The van der Waals surface area contributed by atoms with Crippen molar-refractivity contribution in [1.29, 1.82) is 0 Å². The number of fused-ring (bicyclic) bond motifs is 1. The lowest BCUT2D eigenvalue weighted by Gasteiger charge is -2.09. The van der Waals surface area contributed by atoms with E-state index in [1.54, 1.807) is 30.3 Å². The van der Waals surface area contributed by atoms with Gasteiger partial charge in [0.15, 0.2) is 17.3 Å². The molecule has 0 amide bonds. The number of carbonyl (C=O) groups excluding carboxylic acids is 2. The largest absolute Gasteiger partial charge is 0.490 e. The lowest BCUT2D eigenvalue weighted by atomic mass is 10.1. The maximum Gasteiger partial charge on any atom is 0.306 e. The van der Waals surface area contributed by atoms with Crippen LogP contribution < -0.4 is 9.47 Å². The molecular weight excluding hydrogens is 356 g/mol. The van der Waals surface area contributed by atoms with Gasteiger partial charge in [-0.25, -0.2) is 0 Å². The van der Waals surface area contributed by atoms with Crippen LogP contribution in [-0.4, -0.2) is 25.0 Å². The molecule has 0 aromatic heterocycles. The molecule has 1 aliphatic heterocycles. The van der Waals surface area contributed by atoms with Crippen LogP contribution in [0.15, 0.2) is 42.5 Å². The van der Waals surface area contributed by atoms with Crippen molar-refractivity contribution in [2.24, 2.45) is 0 Å². The lowest BCUT2D eigenvalue weighted by molar-refractivity contribution is -0.144. The van der Waals surface area contributed by atoms with Crippen molar-refractivity contribution in [3.05, 3.63) is 58.6 Å². The number of ether oxygens (including phenoxy) is 3. The van der Waals surface area contributed by atoms with Gasteiger partial charge in [0.05, 0.1) is 19.6 Å². The first-order valence-corrected chi connectivity index (χ1v) is 8.83. The van der Waals surface area contributed by atoms with Crippen LogP contribution in [0.25, 0.3) is 0 Å². The molecule has 0 radical (unpaired) electrons. The summed E-state index contributed by atoms with van der Waals surface area (Å²) in [6, 6.07) is 12.2. The van der Waals surface area contributed by atoms with E-state index in [-0.39, 0.29) is 25.2 Å². The summed E-state index contributed by atoms with van der Waals surface area (Å²) in [6.07, 6.45) is 0.883. The number of rotatable bonds is 6. The van der Waals surface area contributed by atoms with Gasteiger partial charge in [-0.15, -0.1) is 0 Å². The molecule has 26 heavy (non-hydrogen) atoms. The van der Waals surface area contributed by atoms with Crippen molar-refractivity contribution in [2.75, 3.05) is 13.2 Å². The third kappa shape index (κ3) is 4.76. The monoisotopic (exact) mass is 374 g/mol. The van der Waals surface area contributed by atoms with E-state index in [9.17, 15) is 9.59 Å². The van der Waals surface area contributed by atoms with Crippen LogP contribution in [0.2, 0.25) is 5.02 Å². The number of hydrogen-bond acceptors (Lipinski definition) is 5. The van der Waals surface area contributed by atoms with E-state index in [2.05, 4.69) is 0 Å². The molecule has 3 rings (SSSR count). The van der Waals surface area contributed by atoms with E-state index >= 15 is 0 Å². The quantitative estimate of drug-likeness (QED) is 0.560. The third-order valence-corrected chi connectivity index (χ3v) is 4.34. The maximum atomic E-state index is 12.3. The standard InChI is InChI=1S/C20H19ClO5/c21-16-5-2-1-4-15(16)13-26-20(23)9-7-17(22)14-6-8-18-19(12-14)25-11-3-10-24-18/h1-2,4-6,8,12H,3,7,9-11,13H2. The number of ketones is 1. The predicted octanol–water partition coefficient (Wildman–Crippen LogP) is 4.21. The van der Waals surface area contributed by atoms with Gasteiger partial charge >= 0.3 is 5.97 Å². The van der Waals surface area contributed by atoms with Crippen LogP contribution >= 0.6 is 11.6 Å². The number of esters is 1. The summed E-state index contributed by atoms with van der Waals surface area (Å²) < 4.78 is 16.3. The second-order valence-electron chi connectivity index (χ2n) is 5.89. The number of benzene rings is 2. The molecule has 5 nitrogen and oxygen atoms in total. The Morgan fingerprint density at radius 2 is 1.77 bits per heavy atom. The third-order valence-electron chi connectivity index (χ3n) is 3.97. The molecule has 0 N–H and O–H groups in total. The molecule has 1 aliphatic rings. The highest BCUT2D eigenvalue weighted by molar-refractivity contribution is 6.31. The summed E-state index contributed by atoms with van der Waals surface area (Å²) >= 11 is 6.02. The van der Waals surface area contributed by atoms with Crippen molar-refractivity contribution < 1.29 is 23.8 Å². The van der Waals surface area contributed by atoms with Gasteiger partial charge in [0.2, 0.25) is 0 Å². The summed E-state index contributed by atoms with van der Waals surface area (Å²) in [5.74, 6) is 0.621. The van der Waals surface area contributed by atoms with Crippen molar-refractivity contribution in [3.63, 3.8) is 0 Å². The molecule has 1 heterocycles. The topological polar surface area (TPSA) is 61.8 Å². The Labute approximate surface area is 156 Å². The summed E-state index contributed by atoms with van der Waals surface area (Å²) in [7, 11) is 0. The number of Topliss-reactive ketones (excluding diaryl/α,β-unsaturated/α-hetero) is 1. The van der Waals surface area contributed by atoms with Crippen LogP contribution in [0.1, 0.15) is 35.2 Å². The second-order valence-corrected chi connectivity index (χ2v) is 6.29. The molecule has 0 fully saturated rings. The minimum Gasteiger partial charge on any atom is -0.490 e. The summed E-state index contributed by atoms with van der Waals surface area (Å²) in [5.41, 5.74) is 1.23. The first-order valence-electron chi connectivity index (χ1n) is 8.45. The normalized spacial score (nSPS) is 13.0. The van der Waals surface area contributed by atoms with Gasteiger partial charge in [-0.3, -0.25) is 9.59 Å². The molecule has 0 saturated heterocycles. The summed E-state index contributed by atoms with van der Waals surface area (Å²) in [6.45, 7) is 1.24. The first-order chi connectivity index (χ1) is 12.6. The number of carbonyl (C=O) groups is 2. The van der Waals surface area contributed by atoms with Gasteiger partial charge in [0.25, 0.3) is 0 Å². The van der Waals surface area contributed by atoms with E-state index in [0.717, 1.165) is 12.0 Å². The maximum absolute atomic E-state index is 12.3. The zero-order chi connectivity index (χ0) is 18.4. The van der Waals surface area contributed by atoms with Crippen molar-refractivity contribution in [2.45, 2.75) is 25.9 Å². The van der Waals surface area contributed by atoms with E-state index < -0.39 is 5.97 Å². The average Bonchev–Trinajstić information content (AvgIpc) is 2.90. The fourth-order valence-electron chi connectivity index (χ4n) is 2.54. The molecular formula is C20H19ClO5. The molecule has 2 aromatic carbocycles. The van der Waals surface area contributed by atoms with E-state index in [1.165, 1.54) is 0 Å². The van der Waals surface area contributed by atoms with E-state index in [1.807, 2.05) is 12.1 Å². The Morgan fingerprint density at radius 1 is 1.00 bits per heavy atom. The first kappa shape index (κ1) is 18.3. The van der Waals surface area contributed by atoms with Crippen LogP contribution in [0, 0.1) is 0 Å². The number of halogens is 1. The average molecular weight is 375 g/mol. The molecule has 0 saturated carbocycles. The SMILES string of the molecule is O=C(CCC(=O)c1ccc2c(c1)OCCCO2)OCc1ccccc1Cl. The molecule has 0 unspecified atom stereocenters. The smallest absolute Gasteiger partial charge is 0.306 e. The molecule has 2 aromatic rings. The minimum atomic E-state index is -0.437. The Bertz CT molecular complexity index is 803. The van der Waals surface area contributed by atoms with Gasteiger partial charge in [-0.1, -0.05) is 29.8 Å². The Kier molecular flexibility index (Phi) is 6.12. The van der Waals surface area contributed by atoms with Gasteiger partial charge in [-0.05, 0) is 24.3 Å². The predicted molar refractivity (Wildman–Crippen MR) is 96.9 cm³/mol. The highest BCUT2D eigenvalue weighted by atomic mass is 35.5. The second kappa shape index (κ2) is 8.72. The molecule has 136 valence electrons. The molecule has 6 heteroatoms. The molecule has 0 spiro atoms. The lowest BCUT2D eigenvalue weighted by Crippen LogP contribution is -2.08. The fraction of sp³-hybridized carbons (Fsp3) is 0.300. The van der Waals surface area contributed by atoms with Crippen LogP contribution in [-0.2, 0) is 16.1 Å². The summed E-state index contributed by atoms with van der Waals surface area (Å²) in [5, 5.41) is 0.545. The van der Waals surface area contributed by atoms with E-state index in [4.69, 9.17) is 25.8 Å². The van der Waals surface area contributed by atoms with Gasteiger partial charge < -0.3 is 14.2 Å². The van der Waals surface area contributed by atoms with Gasteiger partial charge in [-0.2, -0.15) is 0 Å². The van der Waals surface area contributed by atoms with E-state index in [0.29, 0.717) is 35.3 Å². The Balaban J connectivity index is 1.51. The highest BCUT2D eigenvalue weighted by Gasteiger charge is 2.15.